The van der Waals surface area contributed by atoms with Crippen LogP contribution in [0.15, 0.2) is 54.9 Å². The number of hydrogen-bond donors (Lipinski definition) is 2. The van der Waals surface area contributed by atoms with Crippen molar-refractivity contribution in [3.8, 4) is 11.3 Å². The van der Waals surface area contributed by atoms with E-state index in [-0.39, 0.29) is 0 Å². The summed E-state index contributed by atoms with van der Waals surface area (Å²) in [6, 6.07) is 14.9. The molecule has 0 bridgehead atoms. The molecule has 29 heavy (non-hydrogen) atoms. The summed E-state index contributed by atoms with van der Waals surface area (Å²) in [5.74, 6) is 0. The molecule has 148 valence electrons. The van der Waals surface area contributed by atoms with E-state index in [1.165, 1.54) is 6.33 Å². The zero-order chi connectivity index (χ0) is 20.1. The Morgan fingerprint density at radius 2 is 1.93 bits per heavy atom. The first kappa shape index (κ1) is 18.4. The predicted molar refractivity (Wildman–Crippen MR) is 107 cm³/mol. The summed E-state index contributed by atoms with van der Waals surface area (Å²) in [4.78, 5) is 8.88. The molecule has 1 aliphatic heterocycles. The molecule has 3 heterocycles. The quantitative estimate of drug-likeness (QED) is 0.537. The molecule has 2 aromatic heterocycles. The first-order chi connectivity index (χ1) is 14.1. The van der Waals surface area contributed by atoms with Crippen molar-refractivity contribution >= 4 is 33.5 Å². The van der Waals surface area contributed by atoms with Crippen molar-refractivity contribution in [1.29, 1.82) is 0 Å². The second-order valence-corrected chi connectivity index (χ2v) is 7.44. The fourth-order valence-corrected chi connectivity index (χ4v) is 4.15. The van der Waals surface area contributed by atoms with Crippen LogP contribution in [0.2, 0.25) is 5.02 Å². The molecule has 4 atom stereocenters. The molecular weight excluding hydrogens is 397 g/mol. The topological polar surface area (TPSA) is 80.4 Å². The van der Waals surface area contributed by atoms with Gasteiger partial charge in [-0.2, -0.15) is 0 Å². The molecule has 0 amide bonds. The molecule has 0 spiro atoms. The normalized spacial score (nSPS) is 24.6. The zero-order valence-electron chi connectivity index (χ0n) is 15.1. The molecule has 1 aliphatic rings. The van der Waals surface area contributed by atoms with Crippen LogP contribution in [0.1, 0.15) is 6.23 Å². The average molecular weight is 414 g/mol. The number of benzene rings is 2. The minimum Gasteiger partial charge on any atom is -0.394 e. The summed E-state index contributed by atoms with van der Waals surface area (Å²) in [5.41, 5.74) is 2.70. The monoisotopic (exact) mass is 413 g/mol. The Morgan fingerprint density at radius 1 is 1.14 bits per heavy atom. The SMILES string of the molecule is OC[C@H]1O[C@@H](n2c3ccc(Cl)cc3c3c(-c4ccccc4)ncnc32)[C@@H](F)[C@@H]1O. The van der Waals surface area contributed by atoms with Crippen LogP contribution >= 0.6 is 11.6 Å². The van der Waals surface area contributed by atoms with Crippen LogP contribution in [0.25, 0.3) is 33.2 Å². The van der Waals surface area contributed by atoms with Gasteiger partial charge in [-0.15, -0.1) is 0 Å². The summed E-state index contributed by atoms with van der Waals surface area (Å²) < 4.78 is 22.2. The number of ether oxygens (including phenoxy) is 1. The van der Waals surface area contributed by atoms with Gasteiger partial charge in [-0.3, -0.25) is 4.57 Å². The smallest absolute Gasteiger partial charge is 0.173 e. The van der Waals surface area contributed by atoms with Crippen LogP contribution in [-0.4, -0.2) is 49.7 Å². The van der Waals surface area contributed by atoms with Gasteiger partial charge in [-0.25, -0.2) is 14.4 Å². The van der Waals surface area contributed by atoms with E-state index in [2.05, 4.69) is 9.97 Å². The number of aromatic nitrogens is 3. The maximum absolute atomic E-state index is 15.0. The van der Waals surface area contributed by atoms with E-state index in [1.54, 1.807) is 22.8 Å². The summed E-state index contributed by atoms with van der Waals surface area (Å²) >= 11 is 6.26. The third-order valence-electron chi connectivity index (χ3n) is 5.32. The van der Waals surface area contributed by atoms with Gasteiger partial charge in [0, 0.05) is 16.0 Å². The van der Waals surface area contributed by atoms with Crippen LogP contribution in [0, 0.1) is 0 Å². The van der Waals surface area contributed by atoms with Gasteiger partial charge in [0.25, 0.3) is 0 Å². The van der Waals surface area contributed by atoms with Crippen molar-refractivity contribution < 1.29 is 19.3 Å². The Labute approximate surface area is 170 Å². The van der Waals surface area contributed by atoms with E-state index < -0.39 is 31.2 Å². The van der Waals surface area contributed by atoms with E-state index >= 15 is 0 Å². The van der Waals surface area contributed by atoms with Crippen LogP contribution in [-0.2, 0) is 4.74 Å². The van der Waals surface area contributed by atoms with Gasteiger partial charge in [0.05, 0.1) is 23.2 Å². The lowest BCUT2D eigenvalue weighted by atomic mass is 10.1. The zero-order valence-corrected chi connectivity index (χ0v) is 15.9. The number of aliphatic hydroxyl groups is 2. The van der Waals surface area contributed by atoms with Gasteiger partial charge in [-0.1, -0.05) is 41.9 Å². The van der Waals surface area contributed by atoms with Crippen LogP contribution in [0.3, 0.4) is 0 Å². The second-order valence-electron chi connectivity index (χ2n) is 7.00. The minimum absolute atomic E-state index is 0.467. The lowest BCUT2D eigenvalue weighted by Crippen LogP contribution is -2.30. The van der Waals surface area contributed by atoms with E-state index in [0.717, 1.165) is 10.9 Å². The maximum atomic E-state index is 15.0. The first-order valence-electron chi connectivity index (χ1n) is 9.18. The molecule has 0 radical (unpaired) electrons. The summed E-state index contributed by atoms with van der Waals surface area (Å²) in [7, 11) is 0. The number of nitrogens with zero attached hydrogens (tertiary/aromatic N) is 3. The second kappa shape index (κ2) is 7.03. The molecule has 2 N–H and O–H groups in total. The summed E-state index contributed by atoms with van der Waals surface area (Å²) in [6.07, 6.45) is -3.88. The van der Waals surface area contributed by atoms with Crippen LogP contribution < -0.4 is 0 Å². The highest BCUT2D eigenvalue weighted by Gasteiger charge is 2.46. The number of rotatable bonds is 3. The van der Waals surface area contributed by atoms with E-state index in [0.29, 0.717) is 27.3 Å². The maximum Gasteiger partial charge on any atom is 0.173 e. The Hall–Kier alpha value is -2.58. The van der Waals surface area contributed by atoms with Crippen molar-refractivity contribution in [3.05, 3.63) is 59.9 Å². The molecule has 8 heteroatoms. The van der Waals surface area contributed by atoms with Gasteiger partial charge in [0.1, 0.15) is 24.2 Å². The van der Waals surface area contributed by atoms with Crippen LogP contribution in [0.4, 0.5) is 4.39 Å². The van der Waals surface area contributed by atoms with Crippen molar-refractivity contribution in [1.82, 2.24) is 14.5 Å². The van der Waals surface area contributed by atoms with Crippen molar-refractivity contribution in [2.75, 3.05) is 6.61 Å². The highest BCUT2D eigenvalue weighted by atomic mass is 35.5. The Balaban J connectivity index is 1.83. The van der Waals surface area contributed by atoms with Crippen molar-refractivity contribution in [2.45, 2.75) is 24.6 Å². The van der Waals surface area contributed by atoms with E-state index in [1.807, 2.05) is 30.3 Å². The molecule has 1 fully saturated rings. The predicted octanol–water partition coefficient (Wildman–Crippen LogP) is 3.49. The molecule has 0 aliphatic carbocycles. The van der Waals surface area contributed by atoms with Gasteiger partial charge >= 0.3 is 0 Å². The Bertz CT molecular complexity index is 1200. The van der Waals surface area contributed by atoms with Crippen molar-refractivity contribution in [2.24, 2.45) is 0 Å². The van der Waals surface area contributed by atoms with Crippen molar-refractivity contribution in [3.63, 3.8) is 0 Å². The molecule has 6 nitrogen and oxygen atoms in total. The van der Waals surface area contributed by atoms with Gasteiger partial charge in [0.2, 0.25) is 0 Å². The first-order valence-corrected chi connectivity index (χ1v) is 9.56. The number of aliphatic hydroxyl groups excluding tert-OH is 2. The molecular formula is C21H17ClFN3O3. The largest absolute Gasteiger partial charge is 0.394 e. The third kappa shape index (κ3) is 2.81. The molecule has 2 aromatic carbocycles. The Morgan fingerprint density at radius 3 is 2.66 bits per heavy atom. The van der Waals surface area contributed by atoms with Gasteiger partial charge in [0.15, 0.2) is 12.4 Å². The highest BCUT2D eigenvalue weighted by Crippen LogP contribution is 2.41. The van der Waals surface area contributed by atoms with Crippen LogP contribution in [0.5, 0.6) is 0 Å². The number of fused-ring (bicyclic) bond motifs is 3. The minimum atomic E-state index is -1.73. The fourth-order valence-electron chi connectivity index (χ4n) is 3.97. The van der Waals surface area contributed by atoms with Gasteiger partial charge in [-0.05, 0) is 18.2 Å². The van der Waals surface area contributed by atoms with E-state index in [9.17, 15) is 14.6 Å². The summed E-state index contributed by atoms with van der Waals surface area (Å²) in [5, 5.41) is 21.5. The fraction of sp³-hybridized carbons (Fsp3) is 0.238. The number of alkyl halides is 1. The molecule has 0 saturated carbocycles. The lowest BCUT2D eigenvalue weighted by molar-refractivity contribution is -0.0442. The molecule has 5 rings (SSSR count). The average Bonchev–Trinajstić information content (AvgIpc) is 3.22. The van der Waals surface area contributed by atoms with E-state index in [4.69, 9.17) is 16.3 Å². The molecule has 1 saturated heterocycles. The summed E-state index contributed by atoms with van der Waals surface area (Å²) in [6.45, 7) is -0.481. The standard InChI is InChI=1S/C21H17ClFN3O3/c22-12-6-7-14-13(8-12)16-18(11-4-2-1-3-5-11)24-10-25-20(16)26(14)21-17(23)19(28)15(9-27)29-21/h1-8,10,15,17,19,21,27-28H,9H2/t15-,17+,19-,21-/m1/s1. The number of hydrogen-bond acceptors (Lipinski definition) is 5. The lowest BCUT2D eigenvalue weighted by Gasteiger charge is -2.17. The number of halogens is 2. The molecule has 0 unspecified atom stereocenters. The molecule has 4 aromatic rings. The third-order valence-corrected chi connectivity index (χ3v) is 5.55. The Kier molecular flexibility index (Phi) is 4.48. The van der Waals surface area contributed by atoms with Gasteiger partial charge < -0.3 is 14.9 Å². The highest BCUT2D eigenvalue weighted by molar-refractivity contribution is 6.32.